The zero-order valence-corrected chi connectivity index (χ0v) is 15.9. The second-order valence-electron chi connectivity index (χ2n) is 6.09. The van der Waals surface area contributed by atoms with Crippen LogP contribution in [0.1, 0.15) is 23.0 Å². The first-order chi connectivity index (χ1) is 13.3. The maximum Gasteiger partial charge on any atom is 0.338 e. The molecular weight excluding hydrogens is 385 g/mol. The van der Waals surface area contributed by atoms with Gasteiger partial charge in [0.15, 0.2) is 6.10 Å². The average Bonchev–Trinajstić information content (AvgIpc) is 3.10. The number of ether oxygens (including phenoxy) is 1. The van der Waals surface area contributed by atoms with Gasteiger partial charge in [-0.05, 0) is 62.4 Å². The molecule has 144 valence electrons. The zero-order valence-electron chi connectivity index (χ0n) is 15.1. The number of amides is 1. The Morgan fingerprint density at radius 1 is 1.18 bits per heavy atom. The number of esters is 1. The number of carbonyl (C=O) groups excluding carboxylic acids is 2. The van der Waals surface area contributed by atoms with Gasteiger partial charge >= 0.3 is 5.97 Å². The summed E-state index contributed by atoms with van der Waals surface area (Å²) in [5.74, 6) is -1.74. The molecule has 1 amide bonds. The van der Waals surface area contributed by atoms with Crippen LogP contribution in [0.4, 0.5) is 10.1 Å². The van der Waals surface area contributed by atoms with E-state index in [0.717, 1.165) is 17.4 Å². The van der Waals surface area contributed by atoms with Crippen molar-refractivity contribution in [3.05, 3.63) is 76.8 Å². The largest absolute Gasteiger partial charge is 0.449 e. The van der Waals surface area contributed by atoms with Crippen molar-refractivity contribution in [2.24, 2.45) is 0 Å². The van der Waals surface area contributed by atoms with E-state index in [1.807, 2.05) is 13.0 Å². The Morgan fingerprint density at radius 2 is 1.89 bits per heavy atom. The third-order valence-corrected chi connectivity index (χ3v) is 4.33. The summed E-state index contributed by atoms with van der Waals surface area (Å²) in [4.78, 5) is 24.5. The van der Waals surface area contributed by atoms with Gasteiger partial charge in [0.2, 0.25) is 0 Å². The minimum Gasteiger partial charge on any atom is -0.449 e. The van der Waals surface area contributed by atoms with Gasteiger partial charge in [-0.25, -0.2) is 13.9 Å². The monoisotopic (exact) mass is 401 g/mol. The van der Waals surface area contributed by atoms with E-state index in [-0.39, 0.29) is 10.7 Å². The lowest BCUT2D eigenvalue weighted by atomic mass is 10.2. The summed E-state index contributed by atoms with van der Waals surface area (Å²) in [6, 6.07) is 12.1. The predicted octanol–water partition coefficient (Wildman–Crippen LogP) is 4.16. The summed E-state index contributed by atoms with van der Waals surface area (Å²) in [6.07, 6.45) is 0.618. The van der Waals surface area contributed by atoms with Crippen molar-refractivity contribution in [2.75, 3.05) is 5.32 Å². The van der Waals surface area contributed by atoms with Crippen LogP contribution in [0.5, 0.6) is 0 Å². The van der Waals surface area contributed by atoms with E-state index in [0.29, 0.717) is 5.56 Å². The van der Waals surface area contributed by atoms with Gasteiger partial charge in [-0.1, -0.05) is 11.6 Å². The predicted molar refractivity (Wildman–Crippen MR) is 103 cm³/mol. The minimum absolute atomic E-state index is 0.0522. The van der Waals surface area contributed by atoms with Crippen LogP contribution in [0.15, 0.2) is 54.7 Å². The first-order valence-corrected chi connectivity index (χ1v) is 8.81. The number of aryl methyl sites for hydroxylation is 1. The van der Waals surface area contributed by atoms with Crippen molar-refractivity contribution in [1.29, 1.82) is 0 Å². The SMILES string of the molecule is Cc1ccnn1-c1ccc(C(=O)O[C@@H](C)C(=O)Nc2ccc(F)cc2Cl)cc1. The Morgan fingerprint density at radius 3 is 2.50 bits per heavy atom. The molecule has 3 rings (SSSR count). The maximum absolute atomic E-state index is 13.1. The summed E-state index contributed by atoms with van der Waals surface area (Å²) in [5, 5.41) is 6.75. The molecule has 8 heteroatoms. The van der Waals surface area contributed by atoms with Crippen molar-refractivity contribution < 1.29 is 18.7 Å². The summed E-state index contributed by atoms with van der Waals surface area (Å²) in [6.45, 7) is 3.36. The fraction of sp³-hybridized carbons (Fsp3) is 0.150. The van der Waals surface area contributed by atoms with Crippen LogP contribution in [0.3, 0.4) is 0 Å². The quantitative estimate of drug-likeness (QED) is 0.651. The van der Waals surface area contributed by atoms with Crippen LogP contribution in [0, 0.1) is 12.7 Å². The standard InChI is InChI=1S/C20H17ClFN3O3/c1-12-9-10-23-25(12)16-6-3-14(4-7-16)20(27)28-13(2)19(26)24-18-8-5-15(22)11-17(18)21/h3-11,13H,1-2H3,(H,24,26)/t13-/m0/s1. The molecule has 1 N–H and O–H groups in total. The van der Waals surface area contributed by atoms with Crippen LogP contribution in [0.2, 0.25) is 5.02 Å². The molecule has 6 nitrogen and oxygen atoms in total. The molecule has 0 aliphatic carbocycles. The Bertz CT molecular complexity index is 1020. The molecule has 0 saturated heterocycles. The second-order valence-corrected chi connectivity index (χ2v) is 6.50. The molecule has 0 aliphatic heterocycles. The van der Waals surface area contributed by atoms with Crippen LogP contribution in [0.25, 0.3) is 5.69 Å². The molecule has 3 aromatic rings. The van der Waals surface area contributed by atoms with E-state index in [1.165, 1.54) is 19.1 Å². The lowest BCUT2D eigenvalue weighted by Crippen LogP contribution is -2.30. The van der Waals surface area contributed by atoms with Crippen LogP contribution < -0.4 is 5.32 Å². The summed E-state index contributed by atoms with van der Waals surface area (Å²) < 4.78 is 20.0. The van der Waals surface area contributed by atoms with Crippen molar-refractivity contribution in [3.8, 4) is 5.69 Å². The van der Waals surface area contributed by atoms with E-state index in [9.17, 15) is 14.0 Å². The summed E-state index contributed by atoms with van der Waals surface area (Å²) in [5.41, 5.74) is 2.29. The van der Waals surface area contributed by atoms with E-state index in [2.05, 4.69) is 10.4 Å². The van der Waals surface area contributed by atoms with Crippen LogP contribution in [-0.2, 0) is 9.53 Å². The van der Waals surface area contributed by atoms with Crippen LogP contribution in [-0.4, -0.2) is 27.8 Å². The van der Waals surface area contributed by atoms with Crippen molar-refractivity contribution >= 4 is 29.2 Å². The third-order valence-electron chi connectivity index (χ3n) is 4.02. The normalized spacial score (nSPS) is 11.7. The zero-order chi connectivity index (χ0) is 20.3. The molecule has 0 bridgehead atoms. The first-order valence-electron chi connectivity index (χ1n) is 8.43. The van der Waals surface area contributed by atoms with Crippen LogP contribution >= 0.6 is 11.6 Å². The lowest BCUT2D eigenvalue weighted by Gasteiger charge is -2.14. The highest BCUT2D eigenvalue weighted by atomic mass is 35.5. The number of hydrogen-bond donors (Lipinski definition) is 1. The minimum atomic E-state index is -1.07. The summed E-state index contributed by atoms with van der Waals surface area (Å²) in [7, 11) is 0. The molecule has 0 saturated carbocycles. The number of carbonyl (C=O) groups is 2. The number of hydrogen-bond acceptors (Lipinski definition) is 4. The highest BCUT2D eigenvalue weighted by Crippen LogP contribution is 2.22. The fourth-order valence-corrected chi connectivity index (χ4v) is 2.70. The number of benzene rings is 2. The van der Waals surface area contributed by atoms with Crippen molar-refractivity contribution in [3.63, 3.8) is 0 Å². The topological polar surface area (TPSA) is 73.2 Å². The number of aromatic nitrogens is 2. The Kier molecular flexibility index (Phi) is 5.75. The smallest absolute Gasteiger partial charge is 0.338 e. The van der Waals surface area contributed by atoms with E-state index >= 15 is 0 Å². The van der Waals surface area contributed by atoms with E-state index in [1.54, 1.807) is 35.1 Å². The van der Waals surface area contributed by atoms with Gasteiger partial charge < -0.3 is 10.1 Å². The van der Waals surface area contributed by atoms with Gasteiger partial charge in [-0.3, -0.25) is 4.79 Å². The Balaban J connectivity index is 1.63. The number of halogens is 2. The van der Waals surface area contributed by atoms with Crippen molar-refractivity contribution in [2.45, 2.75) is 20.0 Å². The van der Waals surface area contributed by atoms with Gasteiger partial charge in [0.1, 0.15) is 5.82 Å². The molecule has 0 spiro atoms. The number of nitrogens with zero attached hydrogens (tertiary/aromatic N) is 2. The molecule has 2 aromatic carbocycles. The molecular formula is C20H17ClFN3O3. The molecule has 1 aromatic heterocycles. The average molecular weight is 402 g/mol. The van der Waals surface area contributed by atoms with Gasteiger partial charge in [-0.2, -0.15) is 5.10 Å². The first kappa shape index (κ1) is 19.6. The molecule has 0 aliphatic rings. The Labute approximate surface area is 165 Å². The van der Waals surface area contributed by atoms with Gasteiger partial charge in [0.05, 0.1) is 22.0 Å². The molecule has 28 heavy (non-hydrogen) atoms. The fourth-order valence-electron chi connectivity index (χ4n) is 2.49. The van der Waals surface area contributed by atoms with Crippen molar-refractivity contribution in [1.82, 2.24) is 9.78 Å². The Hall–Kier alpha value is -3.19. The number of nitrogens with one attached hydrogen (secondary N) is 1. The third kappa shape index (κ3) is 4.37. The highest BCUT2D eigenvalue weighted by Gasteiger charge is 2.20. The molecule has 1 heterocycles. The van der Waals surface area contributed by atoms with E-state index < -0.39 is 23.8 Å². The number of anilines is 1. The highest BCUT2D eigenvalue weighted by molar-refractivity contribution is 6.33. The lowest BCUT2D eigenvalue weighted by molar-refractivity contribution is -0.123. The molecule has 0 radical (unpaired) electrons. The van der Waals surface area contributed by atoms with Gasteiger partial charge in [0, 0.05) is 11.9 Å². The summed E-state index contributed by atoms with van der Waals surface area (Å²) >= 11 is 5.88. The molecule has 0 fully saturated rings. The molecule has 1 atom stereocenters. The van der Waals surface area contributed by atoms with Gasteiger partial charge in [-0.15, -0.1) is 0 Å². The number of rotatable bonds is 5. The second kappa shape index (κ2) is 8.22. The maximum atomic E-state index is 13.1. The van der Waals surface area contributed by atoms with E-state index in [4.69, 9.17) is 16.3 Å². The molecule has 0 unspecified atom stereocenters. The van der Waals surface area contributed by atoms with Gasteiger partial charge in [0.25, 0.3) is 5.91 Å².